The van der Waals surface area contributed by atoms with Gasteiger partial charge in [-0.1, -0.05) is 13.8 Å². The summed E-state index contributed by atoms with van der Waals surface area (Å²) in [7, 11) is 0. The molecule has 0 aromatic heterocycles. The van der Waals surface area contributed by atoms with Gasteiger partial charge in [0.1, 0.15) is 0 Å². The number of hydrogen-bond acceptors (Lipinski definition) is 4. The molecule has 2 unspecified atom stereocenters. The van der Waals surface area contributed by atoms with Crippen LogP contribution in [0.3, 0.4) is 0 Å². The molecule has 0 heterocycles. The molecular weight excluding hydrogens is 168 g/mol. The van der Waals surface area contributed by atoms with E-state index in [1.807, 2.05) is 6.92 Å². The molecule has 0 radical (unpaired) electrons. The van der Waals surface area contributed by atoms with Crippen LogP contribution in [0.5, 0.6) is 0 Å². The SMILES string of the molecule is CCCNCC(O)C(CO)NCC. The Bertz CT molecular complexity index is 112. The highest BCUT2D eigenvalue weighted by Crippen LogP contribution is 1.91. The summed E-state index contributed by atoms with van der Waals surface area (Å²) in [6, 6.07) is -0.214. The van der Waals surface area contributed by atoms with Gasteiger partial charge in [0.25, 0.3) is 0 Å². The molecule has 0 aliphatic rings. The topological polar surface area (TPSA) is 64.5 Å². The van der Waals surface area contributed by atoms with Crippen molar-refractivity contribution in [3.05, 3.63) is 0 Å². The molecule has 0 saturated heterocycles. The van der Waals surface area contributed by atoms with Crippen molar-refractivity contribution < 1.29 is 10.2 Å². The fourth-order valence-electron chi connectivity index (χ4n) is 1.15. The summed E-state index contributed by atoms with van der Waals surface area (Å²) in [6.45, 7) is 6.20. The van der Waals surface area contributed by atoms with E-state index in [-0.39, 0.29) is 12.6 Å². The Morgan fingerprint density at radius 3 is 2.46 bits per heavy atom. The summed E-state index contributed by atoms with van der Waals surface area (Å²) < 4.78 is 0. The first-order chi connectivity index (χ1) is 6.26. The summed E-state index contributed by atoms with van der Waals surface area (Å²) in [5.41, 5.74) is 0. The van der Waals surface area contributed by atoms with Gasteiger partial charge in [-0.2, -0.15) is 0 Å². The summed E-state index contributed by atoms with van der Waals surface area (Å²) in [6.07, 6.45) is 0.536. The monoisotopic (exact) mass is 190 g/mol. The van der Waals surface area contributed by atoms with Gasteiger partial charge in [-0.05, 0) is 19.5 Å². The summed E-state index contributed by atoms with van der Waals surface area (Å²) in [5.74, 6) is 0. The highest BCUT2D eigenvalue weighted by molar-refractivity contribution is 4.75. The number of rotatable bonds is 8. The first-order valence-corrected chi connectivity index (χ1v) is 4.99. The third-order valence-corrected chi connectivity index (χ3v) is 1.91. The van der Waals surface area contributed by atoms with Gasteiger partial charge in [-0.25, -0.2) is 0 Å². The van der Waals surface area contributed by atoms with E-state index in [0.717, 1.165) is 19.5 Å². The predicted octanol–water partition coefficient (Wildman–Crippen LogP) is -0.683. The molecule has 2 atom stereocenters. The van der Waals surface area contributed by atoms with Gasteiger partial charge in [-0.3, -0.25) is 0 Å². The van der Waals surface area contributed by atoms with E-state index in [2.05, 4.69) is 17.6 Å². The van der Waals surface area contributed by atoms with Crippen molar-refractivity contribution in [1.29, 1.82) is 0 Å². The van der Waals surface area contributed by atoms with E-state index in [0.29, 0.717) is 6.54 Å². The van der Waals surface area contributed by atoms with Crippen LogP contribution in [0.2, 0.25) is 0 Å². The van der Waals surface area contributed by atoms with Crippen LogP contribution < -0.4 is 10.6 Å². The van der Waals surface area contributed by atoms with Gasteiger partial charge in [0.2, 0.25) is 0 Å². The average molecular weight is 190 g/mol. The fraction of sp³-hybridized carbons (Fsp3) is 1.00. The second-order valence-corrected chi connectivity index (χ2v) is 3.12. The van der Waals surface area contributed by atoms with Gasteiger partial charge in [0, 0.05) is 6.54 Å². The van der Waals surface area contributed by atoms with E-state index in [9.17, 15) is 5.11 Å². The molecule has 80 valence electrons. The molecule has 0 amide bonds. The fourth-order valence-corrected chi connectivity index (χ4v) is 1.15. The van der Waals surface area contributed by atoms with Crippen molar-refractivity contribution >= 4 is 0 Å². The van der Waals surface area contributed by atoms with Gasteiger partial charge >= 0.3 is 0 Å². The Morgan fingerprint density at radius 2 is 2.00 bits per heavy atom. The molecule has 0 spiro atoms. The number of likely N-dealkylation sites (N-methyl/N-ethyl adjacent to an activating group) is 1. The maximum atomic E-state index is 9.58. The van der Waals surface area contributed by atoms with Crippen molar-refractivity contribution in [2.45, 2.75) is 32.4 Å². The lowest BCUT2D eigenvalue weighted by molar-refractivity contribution is 0.0904. The molecule has 13 heavy (non-hydrogen) atoms. The van der Waals surface area contributed by atoms with Gasteiger partial charge < -0.3 is 20.8 Å². The molecule has 0 aliphatic carbocycles. The molecule has 4 nitrogen and oxygen atoms in total. The van der Waals surface area contributed by atoms with Crippen molar-refractivity contribution in [2.24, 2.45) is 0 Å². The Hall–Kier alpha value is -0.160. The minimum absolute atomic E-state index is 0.0250. The standard InChI is InChI=1S/C9H22N2O2/c1-3-5-10-6-9(13)8(7-12)11-4-2/h8-13H,3-7H2,1-2H3. The Balaban J connectivity index is 3.57. The maximum absolute atomic E-state index is 9.58. The molecule has 4 N–H and O–H groups in total. The van der Waals surface area contributed by atoms with Crippen molar-refractivity contribution in [3.63, 3.8) is 0 Å². The zero-order valence-electron chi connectivity index (χ0n) is 8.58. The Labute approximate surface area is 80.3 Å². The van der Waals surface area contributed by atoms with Crippen LogP contribution in [0, 0.1) is 0 Å². The van der Waals surface area contributed by atoms with E-state index in [4.69, 9.17) is 5.11 Å². The molecule has 0 saturated carbocycles. The molecule has 0 bridgehead atoms. The molecule has 4 heteroatoms. The lowest BCUT2D eigenvalue weighted by atomic mass is 10.1. The van der Waals surface area contributed by atoms with Crippen LogP contribution in [-0.4, -0.2) is 48.6 Å². The number of hydrogen-bond donors (Lipinski definition) is 4. The highest BCUT2D eigenvalue weighted by atomic mass is 16.3. The minimum Gasteiger partial charge on any atom is -0.395 e. The molecular formula is C9H22N2O2. The normalized spacial score (nSPS) is 15.7. The van der Waals surface area contributed by atoms with Gasteiger partial charge in [0.15, 0.2) is 0 Å². The van der Waals surface area contributed by atoms with E-state index in [1.165, 1.54) is 0 Å². The third-order valence-electron chi connectivity index (χ3n) is 1.91. The third kappa shape index (κ3) is 5.99. The van der Waals surface area contributed by atoms with Crippen LogP contribution in [0.15, 0.2) is 0 Å². The zero-order valence-corrected chi connectivity index (χ0v) is 8.58. The van der Waals surface area contributed by atoms with Gasteiger partial charge in [0.05, 0.1) is 18.8 Å². The smallest absolute Gasteiger partial charge is 0.0839 e. The molecule has 0 aromatic carbocycles. The number of nitrogens with one attached hydrogen (secondary N) is 2. The maximum Gasteiger partial charge on any atom is 0.0839 e. The van der Waals surface area contributed by atoms with Crippen LogP contribution in [0.4, 0.5) is 0 Å². The van der Waals surface area contributed by atoms with Crippen LogP contribution in [-0.2, 0) is 0 Å². The lowest BCUT2D eigenvalue weighted by Gasteiger charge is -2.21. The largest absolute Gasteiger partial charge is 0.395 e. The summed E-state index contributed by atoms with van der Waals surface area (Å²) in [5, 5.41) is 24.6. The van der Waals surface area contributed by atoms with E-state index < -0.39 is 6.10 Å². The minimum atomic E-state index is -0.517. The molecule has 0 aromatic rings. The quantitative estimate of drug-likeness (QED) is 0.383. The van der Waals surface area contributed by atoms with Crippen molar-refractivity contribution in [1.82, 2.24) is 10.6 Å². The van der Waals surface area contributed by atoms with Crippen molar-refractivity contribution in [3.8, 4) is 0 Å². The predicted molar refractivity (Wildman–Crippen MR) is 53.7 cm³/mol. The Kier molecular flexibility index (Phi) is 8.33. The second kappa shape index (κ2) is 8.44. The zero-order chi connectivity index (χ0) is 10.1. The summed E-state index contributed by atoms with van der Waals surface area (Å²) >= 11 is 0. The van der Waals surface area contributed by atoms with Crippen molar-refractivity contribution in [2.75, 3.05) is 26.2 Å². The Morgan fingerprint density at radius 1 is 1.31 bits per heavy atom. The van der Waals surface area contributed by atoms with Crippen LogP contribution >= 0.6 is 0 Å². The van der Waals surface area contributed by atoms with E-state index >= 15 is 0 Å². The second-order valence-electron chi connectivity index (χ2n) is 3.12. The number of aliphatic hydroxyl groups is 2. The van der Waals surface area contributed by atoms with Crippen LogP contribution in [0.25, 0.3) is 0 Å². The summed E-state index contributed by atoms with van der Waals surface area (Å²) in [4.78, 5) is 0. The molecule has 0 aliphatic heterocycles. The lowest BCUT2D eigenvalue weighted by Crippen LogP contribution is -2.47. The highest BCUT2D eigenvalue weighted by Gasteiger charge is 2.15. The average Bonchev–Trinajstić information content (AvgIpc) is 2.14. The van der Waals surface area contributed by atoms with Gasteiger partial charge in [-0.15, -0.1) is 0 Å². The molecule has 0 fully saturated rings. The first-order valence-electron chi connectivity index (χ1n) is 4.99. The van der Waals surface area contributed by atoms with Crippen LogP contribution in [0.1, 0.15) is 20.3 Å². The number of aliphatic hydroxyl groups excluding tert-OH is 2. The van der Waals surface area contributed by atoms with E-state index in [1.54, 1.807) is 0 Å². The first kappa shape index (κ1) is 12.8. The molecule has 0 rings (SSSR count).